The van der Waals surface area contributed by atoms with Gasteiger partial charge < -0.3 is 4.74 Å². The lowest BCUT2D eigenvalue weighted by molar-refractivity contribution is -0.385. The van der Waals surface area contributed by atoms with Gasteiger partial charge in [0.05, 0.1) is 51.5 Å². The van der Waals surface area contributed by atoms with E-state index in [9.17, 15) is 44.2 Å². The Labute approximate surface area is 243 Å². The number of imide groups is 2. The maximum absolute atomic E-state index is 14.1. The molecule has 2 aromatic rings. The number of nitrogens with zero attached hydrogens (tertiary/aromatic N) is 4. The van der Waals surface area contributed by atoms with Crippen molar-refractivity contribution in [1.29, 1.82) is 0 Å². The highest BCUT2D eigenvalue weighted by Crippen LogP contribution is 2.68. The maximum Gasteiger partial charge on any atom is 0.334 e. The van der Waals surface area contributed by atoms with E-state index in [1.54, 1.807) is 13.8 Å². The molecule has 3 aliphatic carbocycles. The van der Waals surface area contributed by atoms with E-state index >= 15 is 0 Å². The van der Waals surface area contributed by atoms with Gasteiger partial charge >= 0.3 is 5.97 Å². The molecule has 2 bridgehead atoms. The topological polar surface area (TPSA) is 187 Å². The minimum Gasteiger partial charge on any atom is -0.463 e. The summed E-state index contributed by atoms with van der Waals surface area (Å²) in [5, 5.41) is 22.3. The molecule has 2 saturated heterocycles. The molecule has 7 rings (SSSR count). The van der Waals surface area contributed by atoms with Gasteiger partial charge in [0.25, 0.3) is 11.4 Å². The molecule has 0 spiro atoms. The van der Waals surface area contributed by atoms with E-state index in [0.29, 0.717) is 5.57 Å². The highest BCUT2D eigenvalue weighted by atomic mass is 16.6. The Balaban J connectivity index is 1.49. The average Bonchev–Trinajstić information content (AvgIpc) is 3.39. The molecule has 1 saturated carbocycles. The predicted molar refractivity (Wildman–Crippen MR) is 146 cm³/mol. The molecular formula is C29H24N4O10. The van der Waals surface area contributed by atoms with Gasteiger partial charge in [0.15, 0.2) is 0 Å². The quantitative estimate of drug-likeness (QED) is 0.210. The first kappa shape index (κ1) is 27.9. The monoisotopic (exact) mass is 588 g/mol. The van der Waals surface area contributed by atoms with Crippen molar-refractivity contribution in [3.8, 4) is 0 Å². The maximum atomic E-state index is 14.1. The van der Waals surface area contributed by atoms with Gasteiger partial charge in [0.2, 0.25) is 23.6 Å². The highest BCUT2D eigenvalue weighted by molar-refractivity contribution is 6.27. The molecule has 4 atom stereocenters. The van der Waals surface area contributed by atoms with Crippen LogP contribution in [-0.2, 0) is 28.7 Å². The number of benzene rings is 2. The number of rotatable bonds is 6. The van der Waals surface area contributed by atoms with E-state index < -0.39 is 74.4 Å². The number of carbonyl (C=O) groups is 5. The molecule has 14 heteroatoms. The number of hydrogen-bond donors (Lipinski definition) is 0. The summed E-state index contributed by atoms with van der Waals surface area (Å²) in [6.45, 7) is 4.73. The lowest BCUT2D eigenvalue weighted by Gasteiger charge is -2.55. The van der Waals surface area contributed by atoms with Crippen LogP contribution in [0.2, 0.25) is 0 Å². The zero-order valence-corrected chi connectivity index (χ0v) is 23.1. The number of anilines is 2. The van der Waals surface area contributed by atoms with Crippen LogP contribution in [0.3, 0.4) is 0 Å². The minimum absolute atomic E-state index is 0.00213. The molecule has 0 aromatic heterocycles. The van der Waals surface area contributed by atoms with Crippen LogP contribution in [0.4, 0.5) is 22.7 Å². The summed E-state index contributed by atoms with van der Waals surface area (Å²) in [7, 11) is 0. The molecule has 2 aromatic carbocycles. The SMILES string of the molecule is CCOC(=O)C1=C(C)C2C3C(=O)N(c4ccc([N+](=O)[O-])cc4)C(=O)C3C1(C)C1C(=O)N(c3ccc([N+](=O)[O-])cc3)C(=O)C21. The van der Waals surface area contributed by atoms with Gasteiger partial charge in [0, 0.05) is 41.2 Å². The standard InChI is InChI=1S/C29H24N4O10/c1-4-43-28(38)21-13(2)18-19-22(26(36)30(24(19)34)14-5-9-16(10-6-14)32(39)40)29(21,3)23-20(18)25(35)31(27(23)37)15-7-11-17(12-8-15)33(41)42/h5-12,18-20,22-23H,4H2,1-3H3. The van der Waals surface area contributed by atoms with Gasteiger partial charge in [-0.3, -0.25) is 39.4 Å². The van der Waals surface area contributed by atoms with Crippen LogP contribution in [-0.4, -0.2) is 46.1 Å². The number of amides is 4. The third-order valence-corrected chi connectivity index (χ3v) is 9.32. The van der Waals surface area contributed by atoms with Crippen LogP contribution in [0.25, 0.3) is 0 Å². The van der Waals surface area contributed by atoms with E-state index in [4.69, 9.17) is 4.74 Å². The van der Waals surface area contributed by atoms with E-state index in [1.165, 1.54) is 31.2 Å². The molecular weight excluding hydrogens is 564 g/mol. The largest absolute Gasteiger partial charge is 0.463 e. The van der Waals surface area contributed by atoms with Crippen LogP contribution < -0.4 is 9.80 Å². The van der Waals surface area contributed by atoms with Crippen LogP contribution >= 0.6 is 0 Å². The van der Waals surface area contributed by atoms with E-state index in [-0.39, 0.29) is 34.9 Å². The van der Waals surface area contributed by atoms with Crippen molar-refractivity contribution in [1.82, 2.24) is 0 Å². The fourth-order valence-electron chi connectivity index (χ4n) is 7.76. The molecule has 220 valence electrons. The fourth-order valence-corrected chi connectivity index (χ4v) is 7.76. The molecule has 43 heavy (non-hydrogen) atoms. The number of nitro benzene ring substituents is 2. The second-order valence-electron chi connectivity index (χ2n) is 11.2. The van der Waals surface area contributed by atoms with Gasteiger partial charge in [-0.1, -0.05) is 12.5 Å². The summed E-state index contributed by atoms with van der Waals surface area (Å²) < 4.78 is 5.34. The Morgan fingerprint density at radius 2 is 1.16 bits per heavy atom. The number of hydrogen-bond acceptors (Lipinski definition) is 10. The zero-order valence-electron chi connectivity index (χ0n) is 23.1. The third kappa shape index (κ3) is 3.55. The average molecular weight is 589 g/mol. The van der Waals surface area contributed by atoms with E-state index in [1.807, 2.05) is 0 Å². The van der Waals surface area contributed by atoms with Crippen LogP contribution in [0.5, 0.6) is 0 Å². The second-order valence-corrected chi connectivity index (χ2v) is 11.2. The third-order valence-electron chi connectivity index (χ3n) is 9.32. The van der Waals surface area contributed by atoms with Gasteiger partial charge in [-0.25, -0.2) is 14.6 Å². The van der Waals surface area contributed by atoms with Crippen LogP contribution in [0.15, 0.2) is 59.7 Å². The molecule has 4 amide bonds. The Kier molecular flexibility index (Phi) is 6.08. The van der Waals surface area contributed by atoms with Crippen molar-refractivity contribution >= 4 is 52.3 Å². The number of nitro groups is 2. The molecule has 0 radical (unpaired) electrons. The smallest absolute Gasteiger partial charge is 0.334 e. The minimum atomic E-state index is -1.63. The number of esters is 1. The van der Waals surface area contributed by atoms with Crippen molar-refractivity contribution in [3.05, 3.63) is 79.9 Å². The lowest BCUT2D eigenvalue weighted by Crippen LogP contribution is -2.61. The summed E-state index contributed by atoms with van der Waals surface area (Å²) in [6, 6.07) is 9.73. The summed E-state index contributed by atoms with van der Waals surface area (Å²) in [5.74, 6) is -9.05. The van der Waals surface area contributed by atoms with Crippen LogP contribution in [0.1, 0.15) is 20.8 Å². The Bertz CT molecular complexity index is 1590. The Morgan fingerprint density at radius 1 is 0.767 bits per heavy atom. The molecule has 2 heterocycles. The van der Waals surface area contributed by atoms with Gasteiger partial charge in [-0.15, -0.1) is 0 Å². The zero-order chi connectivity index (χ0) is 31.1. The first-order valence-electron chi connectivity index (χ1n) is 13.5. The number of allylic oxidation sites excluding steroid dienone is 1. The molecule has 2 aliphatic heterocycles. The number of non-ortho nitro benzene ring substituents is 2. The number of ether oxygens (including phenoxy) is 1. The van der Waals surface area contributed by atoms with E-state index in [2.05, 4.69) is 0 Å². The molecule has 14 nitrogen and oxygen atoms in total. The molecule has 4 unspecified atom stereocenters. The number of carbonyl (C=O) groups excluding carboxylic acids is 5. The molecule has 3 fully saturated rings. The van der Waals surface area contributed by atoms with Crippen molar-refractivity contribution in [3.63, 3.8) is 0 Å². The van der Waals surface area contributed by atoms with Crippen LogP contribution in [0, 0.1) is 55.2 Å². The normalized spacial score (nSPS) is 29.2. The van der Waals surface area contributed by atoms with Gasteiger partial charge in [-0.2, -0.15) is 0 Å². The lowest BCUT2D eigenvalue weighted by atomic mass is 9.43. The summed E-state index contributed by atoms with van der Waals surface area (Å²) >= 11 is 0. The first-order chi connectivity index (χ1) is 20.4. The van der Waals surface area contributed by atoms with Gasteiger partial charge in [0.1, 0.15) is 0 Å². The fraction of sp³-hybridized carbons (Fsp3) is 0.345. The second kappa shape index (κ2) is 9.37. The Morgan fingerprint density at radius 3 is 1.51 bits per heavy atom. The van der Waals surface area contributed by atoms with Crippen molar-refractivity contribution in [2.75, 3.05) is 16.4 Å². The first-order valence-corrected chi connectivity index (χ1v) is 13.5. The van der Waals surface area contributed by atoms with Crippen molar-refractivity contribution < 1.29 is 38.6 Å². The van der Waals surface area contributed by atoms with Crippen molar-refractivity contribution in [2.24, 2.45) is 35.0 Å². The summed E-state index contributed by atoms with van der Waals surface area (Å²) in [5.41, 5.74) is -1.50. The van der Waals surface area contributed by atoms with Crippen molar-refractivity contribution in [2.45, 2.75) is 20.8 Å². The summed E-state index contributed by atoms with van der Waals surface area (Å²) in [4.78, 5) is 92.7. The van der Waals surface area contributed by atoms with E-state index in [0.717, 1.165) is 34.1 Å². The predicted octanol–water partition coefficient (Wildman–Crippen LogP) is 2.94. The van der Waals surface area contributed by atoms with Gasteiger partial charge in [-0.05, 0) is 38.1 Å². The summed E-state index contributed by atoms with van der Waals surface area (Å²) in [6.07, 6.45) is 0. The highest BCUT2D eigenvalue weighted by Gasteiger charge is 2.77. The Hall–Kier alpha value is -5.27. The molecule has 0 N–H and O–H groups in total. The molecule has 5 aliphatic rings.